The lowest BCUT2D eigenvalue weighted by molar-refractivity contribution is 0.0793. The van der Waals surface area contributed by atoms with E-state index >= 15 is 0 Å². The molecule has 0 spiro atoms. The van der Waals surface area contributed by atoms with Crippen LogP contribution in [0.3, 0.4) is 0 Å². The van der Waals surface area contributed by atoms with Crippen LogP contribution in [-0.4, -0.2) is 34.2 Å². The zero-order valence-electron chi connectivity index (χ0n) is 10.9. The molecule has 1 saturated heterocycles. The molecule has 0 saturated carbocycles. The van der Waals surface area contributed by atoms with Crippen LogP contribution in [0.4, 0.5) is 5.82 Å². The molecule has 0 radical (unpaired) electrons. The Morgan fingerprint density at radius 2 is 2.00 bits per heavy atom. The van der Waals surface area contributed by atoms with Gasteiger partial charge < -0.3 is 10.8 Å². The van der Waals surface area contributed by atoms with Crippen LogP contribution in [-0.2, 0) is 6.54 Å². The number of aliphatic hydroxyl groups is 1. The molecule has 2 heterocycles. The molecule has 0 amide bonds. The van der Waals surface area contributed by atoms with E-state index < -0.39 is 0 Å². The predicted octanol–water partition coefficient (Wildman–Crippen LogP) is 1.77. The summed E-state index contributed by atoms with van der Waals surface area (Å²) in [5, 5.41) is 10.7. The number of benzene rings is 1. The zero-order chi connectivity index (χ0) is 13.2. The van der Waals surface area contributed by atoms with Crippen molar-refractivity contribution in [2.45, 2.75) is 25.5 Å². The summed E-state index contributed by atoms with van der Waals surface area (Å²) < 4.78 is 0. The summed E-state index contributed by atoms with van der Waals surface area (Å²) in [6.45, 7) is 2.66. The number of likely N-dealkylation sites (tertiary alicyclic amines) is 1. The number of pyridine rings is 1. The SMILES string of the molecule is Nc1nc2ccccc2cc1CN1CCC(O)CC1. The number of para-hydroxylation sites is 1. The summed E-state index contributed by atoms with van der Waals surface area (Å²) in [5.41, 5.74) is 8.07. The van der Waals surface area contributed by atoms with E-state index in [1.807, 2.05) is 18.2 Å². The van der Waals surface area contributed by atoms with Gasteiger partial charge in [0, 0.05) is 30.6 Å². The minimum absolute atomic E-state index is 0.136. The van der Waals surface area contributed by atoms with Crippen LogP contribution in [0.2, 0.25) is 0 Å². The Kier molecular flexibility index (Phi) is 3.36. The van der Waals surface area contributed by atoms with Gasteiger partial charge in [-0.3, -0.25) is 4.90 Å². The number of aromatic nitrogens is 1. The topological polar surface area (TPSA) is 62.4 Å². The fraction of sp³-hybridized carbons (Fsp3) is 0.400. The minimum atomic E-state index is -0.136. The van der Waals surface area contributed by atoms with E-state index in [9.17, 15) is 5.11 Å². The first-order valence-electron chi connectivity index (χ1n) is 6.77. The number of anilines is 1. The summed E-state index contributed by atoms with van der Waals surface area (Å²) in [6.07, 6.45) is 1.56. The maximum absolute atomic E-state index is 9.53. The quantitative estimate of drug-likeness (QED) is 0.860. The van der Waals surface area contributed by atoms with E-state index in [1.165, 1.54) is 0 Å². The molecule has 3 N–H and O–H groups in total. The summed E-state index contributed by atoms with van der Waals surface area (Å²) in [5.74, 6) is 0.616. The second kappa shape index (κ2) is 5.15. The van der Waals surface area contributed by atoms with Gasteiger partial charge in [0.05, 0.1) is 11.6 Å². The maximum Gasteiger partial charge on any atom is 0.128 e. The fourth-order valence-electron chi connectivity index (χ4n) is 2.62. The molecule has 4 nitrogen and oxygen atoms in total. The van der Waals surface area contributed by atoms with Gasteiger partial charge in [-0.1, -0.05) is 18.2 Å². The van der Waals surface area contributed by atoms with Crippen LogP contribution in [0.25, 0.3) is 10.9 Å². The van der Waals surface area contributed by atoms with Crippen LogP contribution in [0.5, 0.6) is 0 Å². The second-order valence-electron chi connectivity index (χ2n) is 5.23. The Hall–Kier alpha value is -1.65. The molecule has 1 aromatic carbocycles. The average Bonchev–Trinajstić information content (AvgIpc) is 2.42. The first kappa shape index (κ1) is 12.4. The highest BCUT2D eigenvalue weighted by Crippen LogP contribution is 2.21. The fourth-order valence-corrected chi connectivity index (χ4v) is 2.62. The molecular formula is C15H19N3O. The number of fused-ring (bicyclic) bond motifs is 1. The standard InChI is InChI=1S/C15H19N3O/c16-15-12(10-18-7-5-13(19)6-8-18)9-11-3-1-2-4-14(11)17-15/h1-4,9,13,19H,5-8,10H2,(H2,16,17). The molecule has 2 aromatic rings. The van der Waals surface area contributed by atoms with Gasteiger partial charge in [0.2, 0.25) is 0 Å². The van der Waals surface area contributed by atoms with E-state index in [4.69, 9.17) is 5.73 Å². The normalized spacial score (nSPS) is 17.9. The van der Waals surface area contributed by atoms with Crippen LogP contribution < -0.4 is 5.73 Å². The summed E-state index contributed by atoms with van der Waals surface area (Å²) in [7, 11) is 0. The van der Waals surface area contributed by atoms with Crippen molar-refractivity contribution in [1.29, 1.82) is 0 Å². The van der Waals surface area contributed by atoms with E-state index in [1.54, 1.807) is 0 Å². The zero-order valence-corrected chi connectivity index (χ0v) is 10.9. The molecule has 1 aliphatic rings. The third-order valence-electron chi connectivity index (χ3n) is 3.79. The second-order valence-corrected chi connectivity index (χ2v) is 5.23. The van der Waals surface area contributed by atoms with Gasteiger partial charge in [0.1, 0.15) is 5.82 Å². The van der Waals surface area contributed by atoms with Crippen LogP contribution >= 0.6 is 0 Å². The first-order chi connectivity index (χ1) is 9.22. The van der Waals surface area contributed by atoms with Gasteiger partial charge in [-0.05, 0) is 25.0 Å². The lowest BCUT2D eigenvalue weighted by Gasteiger charge is -2.29. The number of hydrogen-bond acceptors (Lipinski definition) is 4. The molecule has 100 valence electrons. The summed E-state index contributed by atoms with van der Waals surface area (Å²) in [6, 6.07) is 10.2. The number of piperidine rings is 1. The lowest BCUT2D eigenvalue weighted by atomic mass is 10.1. The summed E-state index contributed by atoms with van der Waals surface area (Å²) in [4.78, 5) is 6.79. The number of rotatable bonds is 2. The Labute approximate surface area is 112 Å². The largest absolute Gasteiger partial charge is 0.393 e. The lowest BCUT2D eigenvalue weighted by Crippen LogP contribution is -2.35. The van der Waals surface area contributed by atoms with Crippen molar-refractivity contribution in [3.63, 3.8) is 0 Å². The van der Waals surface area contributed by atoms with Gasteiger partial charge in [-0.15, -0.1) is 0 Å². The van der Waals surface area contributed by atoms with Gasteiger partial charge in [0.15, 0.2) is 0 Å². The van der Waals surface area contributed by atoms with E-state index in [-0.39, 0.29) is 6.10 Å². The van der Waals surface area contributed by atoms with Crippen LogP contribution in [0, 0.1) is 0 Å². The van der Waals surface area contributed by atoms with Gasteiger partial charge in [-0.25, -0.2) is 4.98 Å². The molecule has 0 unspecified atom stereocenters. The molecule has 0 atom stereocenters. The highest BCUT2D eigenvalue weighted by molar-refractivity contribution is 5.81. The molecule has 4 heteroatoms. The van der Waals surface area contributed by atoms with Gasteiger partial charge in [-0.2, -0.15) is 0 Å². The van der Waals surface area contributed by atoms with Crippen molar-refractivity contribution in [3.05, 3.63) is 35.9 Å². The summed E-state index contributed by atoms with van der Waals surface area (Å²) >= 11 is 0. The molecule has 19 heavy (non-hydrogen) atoms. The Balaban J connectivity index is 1.82. The molecule has 0 bridgehead atoms. The number of aliphatic hydroxyl groups excluding tert-OH is 1. The number of hydrogen-bond donors (Lipinski definition) is 2. The van der Waals surface area contributed by atoms with Crippen molar-refractivity contribution in [1.82, 2.24) is 9.88 Å². The molecule has 1 aromatic heterocycles. The van der Waals surface area contributed by atoms with Crippen LogP contribution in [0.15, 0.2) is 30.3 Å². The Morgan fingerprint density at radius 3 is 2.79 bits per heavy atom. The average molecular weight is 257 g/mol. The van der Waals surface area contributed by atoms with Gasteiger partial charge in [0.25, 0.3) is 0 Å². The number of nitrogens with zero attached hydrogens (tertiary/aromatic N) is 2. The number of nitrogen functional groups attached to an aromatic ring is 1. The highest BCUT2D eigenvalue weighted by Gasteiger charge is 2.18. The third kappa shape index (κ3) is 2.69. The van der Waals surface area contributed by atoms with E-state index in [0.717, 1.165) is 48.9 Å². The molecule has 1 aliphatic heterocycles. The van der Waals surface area contributed by atoms with Crippen molar-refractivity contribution in [2.75, 3.05) is 18.8 Å². The predicted molar refractivity (Wildman–Crippen MR) is 76.7 cm³/mol. The Bertz CT molecular complexity index is 577. The Morgan fingerprint density at radius 1 is 1.26 bits per heavy atom. The van der Waals surface area contributed by atoms with Crippen molar-refractivity contribution in [2.24, 2.45) is 0 Å². The highest BCUT2D eigenvalue weighted by atomic mass is 16.3. The monoisotopic (exact) mass is 257 g/mol. The smallest absolute Gasteiger partial charge is 0.128 e. The third-order valence-corrected chi connectivity index (χ3v) is 3.79. The van der Waals surface area contributed by atoms with E-state index in [0.29, 0.717) is 5.82 Å². The van der Waals surface area contributed by atoms with Gasteiger partial charge >= 0.3 is 0 Å². The van der Waals surface area contributed by atoms with E-state index in [2.05, 4.69) is 22.0 Å². The minimum Gasteiger partial charge on any atom is -0.393 e. The molecule has 0 aliphatic carbocycles. The van der Waals surface area contributed by atoms with Crippen molar-refractivity contribution < 1.29 is 5.11 Å². The number of nitrogens with two attached hydrogens (primary N) is 1. The molecular weight excluding hydrogens is 238 g/mol. The maximum atomic E-state index is 9.53. The molecule has 3 rings (SSSR count). The molecule has 1 fully saturated rings. The van der Waals surface area contributed by atoms with Crippen LogP contribution in [0.1, 0.15) is 18.4 Å². The first-order valence-corrected chi connectivity index (χ1v) is 6.77. The van der Waals surface area contributed by atoms with Crippen molar-refractivity contribution in [3.8, 4) is 0 Å². The van der Waals surface area contributed by atoms with Crippen molar-refractivity contribution >= 4 is 16.7 Å².